The summed E-state index contributed by atoms with van der Waals surface area (Å²) < 4.78 is 2.44. The van der Waals surface area contributed by atoms with E-state index in [1.165, 1.54) is 27.3 Å². The minimum absolute atomic E-state index is 0.0465. The molecular weight excluding hydrogens is 609 g/mol. The molecule has 0 spiro atoms. The highest BCUT2D eigenvalue weighted by molar-refractivity contribution is 6.12. The number of aromatic nitrogens is 4. The van der Waals surface area contributed by atoms with Crippen LogP contribution in [0.1, 0.15) is 73.4 Å². The second-order valence-corrected chi connectivity index (χ2v) is 16.9. The predicted octanol–water partition coefficient (Wildman–Crippen LogP) is 12.6. The molecule has 0 fully saturated rings. The molecule has 3 heterocycles. The summed E-state index contributed by atoms with van der Waals surface area (Å²) in [6, 6.07) is 37.6. The molecule has 3 aromatic heterocycles. The number of imidazole rings is 1. The van der Waals surface area contributed by atoms with E-state index in [4.69, 9.17) is 9.97 Å². The van der Waals surface area contributed by atoms with E-state index in [9.17, 15) is 0 Å². The molecule has 0 aliphatic carbocycles. The molecule has 4 nitrogen and oxygen atoms in total. The average Bonchev–Trinajstić information content (AvgIpc) is 3.66. The van der Waals surface area contributed by atoms with Gasteiger partial charge in [0.1, 0.15) is 5.82 Å². The van der Waals surface area contributed by atoms with E-state index in [1.54, 1.807) is 0 Å². The Bertz CT molecular complexity index is 2590. The molecule has 5 aromatic carbocycles. The fourth-order valence-corrected chi connectivity index (χ4v) is 7.36. The molecule has 0 atom stereocenters. The Hall–Kier alpha value is -5.22. The third kappa shape index (κ3) is 5.38. The summed E-state index contributed by atoms with van der Waals surface area (Å²) in [6.45, 7) is 20.6. The molecule has 0 unspecified atom stereocenters. The molecule has 0 saturated carbocycles. The molecule has 0 bridgehead atoms. The maximum absolute atomic E-state index is 5.60. The van der Waals surface area contributed by atoms with Crippen molar-refractivity contribution in [1.82, 2.24) is 19.5 Å². The smallest absolute Gasteiger partial charge is 0.143 e. The Morgan fingerprint density at radius 1 is 0.580 bits per heavy atom. The lowest BCUT2D eigenvalue weighted by atomic mass is 9.84. The van der Waals surface area contributed by atoms with Crippen LogP contribution in [-0.2, 0) is 16.4 Å². The Kier molecular flexibility index (Phi) is 7.14. The van der Waals surface area contributed by atoms with Gasteiger partial charge < -0.3 is 9.55 Å². The Balaban J connectivity index is 1.38. The van der Waals surface area contributed by atoms with Crippen molar-refractivity contribution in [1.29, 1.82) is 0 Å². The first kappa shape index (κ1) is 32.0. The van der Waals surface area contributed by atoms with Crippen molar-refractivity contribution in [3.05, 3.63) is 120 Å². The van der Waals surface area contributed by atoms with Gasteiger partial charge in [0.05, 0.1) is 22.2 Å². The van der Waals surface area contributed by atoms with Crippen molar-refractivity contribution in [2.75, 3.05) is 0 Å². The molecule has 0 aliphatic rings. The summed E-state index contributed by atoms with van der Waals surface area (Å²) in [4.78, 5) is 14.3. The van der Waals surface area contributed by atoms with Crippen LogP contribution in [0.2, 0.25) is 0 Å². The summed E-state index contributed by atoms with van der Waals surface area (Å²) in [5, 5.41) is 4.84. The highest BCUT2D eigenvalue weighted by Gasteiger charge is 2.28. The first-order chi connectivity index (χ1) is 23.7. The maximum atomic E-state index is 5.60. The van der Waals surface area contributed by atoms with Crippen molar-refractivity contribution in [2.24, 2.45) is 0 Å². The van der Waals surface area contributed by atoms with Gasteiger partial charge in [-0.3, -0.25) is 4.98 Å². The Morgan fingerprint density at radius 3 is 2.02 bits per heavy atom. The maximum Gasteiger partial charge on any atom is 0.143 e. The number of nitrogens with one attached hydrogen (secondary N) is 1. The molecular formula is C46H46N4. The monoisotopic (exact) mass is 654 g/mol. The first-order valence-electron chi connectivity index (χ1n) is 17.8. The van der Waals surface area contributed by atoms with Crippen molar-refractivity contribution in [2.45, 2.75) is 78.7 Å². The van der Waals surface area contributed by atoms with E-state index in [2.05, 4.69) is 175 Å². The van der Waals surface area contributed by atoms with Crippen molar-refractivity contribution in [3.63, 3.8) is 0 Å². The summed E-state index contributed by atoms with van der Waals surface area (Å²) in [5.74, 6) is 0.978. The number of benzene rings is 5. The fraction of sp³-hybridized carbons (Fsp3) is 0.261. The van der Waals surface area contributed by atoms with E-state index < -0.39 is 0 Å². The van der Waals surface area contributed by atoms with Gasteiger partial charge in [0.2, 0.25) is 0 Å². The van der Waals surface area contributed by atoms with E-state index >= 15 is 0 Å². The van der Waals surface area contributed by atoms with Crippen LogP contribution in [0.3, 0.4) is 0 Å². The van der Waals surface area contributed by atoms with E-state index in [0.717, 1.165) is 61.2 Å². The molecule has 4 heteroatoms. The molecule has 8 rings (SSSR count). The Morgan fingerprint density at radius 2 is 1.28 bits per heavy atom. The SMILES string of the molecule is CC(C)(C)c1ccc2[nH]c3c(-c4nc5c(-c6cccc(-c7cc8ccccc8cn7)c6)cccc5n4C(C)(C)C)cc(C(C)(C)C)cc3c2c1. The van der Waals surface area contributed by atoms with Crippen molar-refractivity contribution >= 4 is 43.6 Å². The standard InChI is InChI=1S/C46H46N4/c1-44(2,3)32-20-21-38-35(24-32)36-25-33(45(4,5)6)26-37(41(36)48-38)43-49-42-34(18-13-19-40(42)50(43)46(7,8)9)29-16-12-17-30(22-29)39-23-28-14-10-11-15-31(28)27-47-39/h10-27,48H,1-9H3. The number of rotatable bonds is 3. The van der Waals surface area contributed by atoms with Crippen LogP contribution < -0.4 is 0 Å². The second kappa shape index (κ2) is 11.1. The average molecular weight is 655 g/mol. The van der Waals surface area contributed by atoms with Crippen molar-refractivity contribution in [3.8, 4) is 33.8 Å². The van der Waals surface area contributed by atoms with E-state index in [-0.39, 0.29) is 16.4 Å². The van der Waals surface area contributed by atoms with Gasteiger partial charge in [0, 0.05) is 50.1 Å². The zero-order chi connectivity index (χ0) is 35.2. The number of H-pyrrole nitrogens is 1. The predicted molar refractivity (Wildman–Crippen MR) is 213 cm³/mol. The lowest BCUT2D eigenvalue weighted by molar-refractivity contribution is 0.413. The minimum atomic E-state index is -0.227. The third-order valence-corrected chi connectivity index (χ3v) is 10.1. The zero-order valence-electron chi connectivity index (χ0n) is 30.7. The number of para-hydroxylation sites is 1. The number of nitrogens with zero attached hydrogens (tertiary/aromatic N) is 3. The van der Waals surface area contributed by atoms with Gasteiger partial charge in [0.25, 0.3) is 0 Å². The summed E-state index contributed by atoms with van der Waals surface area (Å²) >= 11 is 0. The van der Waals surface area contributed by atoms with Crippen LogP contribution in [0.5, 0.6) is 0 Å². The van der Waals surface area contributed by atoms with Crippen LogP contribution in [0.15, 0.2) is 109 Å². The topological polar surface area (TPSA) is 46.5 Å². The number of fused-ring (bicyclic) bond motifs is 5. The quantitative estimate of drug-likeness (QED) is 0.206. The van der Waals surface area contributed by atoms with E-state index in [0.29, 0.717) is 0 Å². The van der Waals surface area contributed by atoms with E-state index in [1.807, 2.05) is 6.20 Å². The molecule has 8 aromatic rings. The number of pyridine rings is 1. The van der Waals surface area contributed by atoms with Crippen LogP contribution in [0, 0.1) is 0 Å². The summed E-state index contributed by atoms with van der Waals surface area (Å²) in [5.41, 5.74) is 12.3. The van der Waals surface area contributed by atoms with Crippen molar-refractivity contribution < 1.29 is 0 Å². The van der Waals surface area contributed by atoms with Gasteiger partial charge >= 0.3 is 0 Å². The largest absolute Gasteiger partial charge is 0.354 e. The van der Waals surface area contributed by atoms with Crippen LogP contribution in [0.25, 0.3) is 77.4 Å². The Labute approximate surface area is 295 Å². The number of hydrogen-bond acceptors (Lipinski definition) is 2. The van der Waals surface area contributed by atoms with Gasteiger partial charge in [-0.25, -0.2) is 4.98 Å². The van der Waals surface area contributed by atoms with Crippen LogP contribution in [-0.4, -0.2) is 19.5 Å². The minimum Gasteiger partial charge on any atom is -0.354 e. The molecule has 0 amide bonds. The summed E-state index contributed by atoms with van der Waals surface area (Å²) in [6.07, 6.45) is 1.97. The zero-order valence-corrected chi connectivity index (χ0v) is 30.7. The normalized spacial score (nSPS) is 12.9. The third-order valence-electron chi connectivity index (χ3n) is 10.1. The number of aromatic amines is 1. The highest BCUT2D eigenvalue weighted by Crippen LogP contribution is 2.42. The molecule has 0 radical (unpaired) electrons. The van der Waals surface area contributed by atoms with Gasteiger partial charge in [0.15, 0.2) is 0 Å². The van der Waals surface area contributed by atoms with Crippen LogP contribution in [0.4, 0.5) is 0 Å². The fourth-order valence-electron chi connectivity index (χ4n) is 7.36. The number of hydrogen-bond donors (Lipinski definition) is 1. The summed E-state index contributed by atoms with van der Waals surface area (Å²) in [7, 11) is 0. The van der Waals surface area contributed by atoms with Crippen LogP contribution >= 0.6 is 0 Å². The van der Waals surface area contributed by atoms with Gasteiger partial charge in [-0.15, -0.1) is 0 Å². The molecule has 0 aliphatic heterocycles. The van der Waals surface area contributed by atoms with Gasteiger partial charge in [-0.2, -0.15) is 0 Å². The lowest BCUT2D eigenvalue weighted by Crippen LogP contribution is -2.23. The molecule has 250 valence electrons. The molecule has 1 N–H and O–H groups in total. The second-order valence-electron chi connectivity index (χ2n) is 16.9. The molecule has 50 heavy (non-hydrogen) atoms. The van der Waals surface area contributed by atoms with Gasteiger partial charge in [-0.05, 0) is 96.1 Å². The van der Waals surface area contributed by atoms with Gasteiger partial charge in [-0.1, -0.05) is 102 Å². The highest BCUT2D eigenvalue weighted by atomic mass is 15.1. The lowest BCUT2D eigenvalue weighted by Gasteiger charge is -2.26. The molecule has 0 saturated heterocycles. The first-order valence-corrected chi connectivity index (χ1v) is 17.8.